The Morgan fingerprint density at radius 2 is 1.76 bits per heavy atom. The van der Waals surface area contributed by atoms with Crippen LogP contribution in [-0.4, -0.2) is 34.7 Å². The molecule has 3 N–H and O–H groups in total. The van der Waals surface area contributed by atoms with E-state index in [1.807, 2.05) is 27.7 Å². The molecule has 0 aromatic rings. The number of carbonyl (C=O) groups excluding carboxylic acids is 1. The van der Waals surface area contributed by atoms with Crippen LogP contribution in [0.15, 0.2) is 0 Å². The van der Waals surface area contributed by atoms with Crippen molar-refractivity contribution in [1.82, 2.24) is 10.6 Å². The first-order chi connectivity index (χ1) is 7.78. The van der Waals surface area contributed by atoms with Crippen molar-refractivity contribution in [3.05, 3.63) is 0 Å². The summed E-state index contributed by atoms with van der Waals surface area (Å²) in [6.45, 7) is 7.84. The van der Waals surface area contributed by atoms with Crippen LogP contribution in [0.1, 0.15) is 53.4 Å². The Morgan fingerprint density at radius 3 is 2.24 bits per heavy atom. The molecule has 1 unspecified atom stereocenters. The van der Waals surface area contributed by atoms with E-state index in [1.54, 1.807) is 0 Å². The average molecular weight is 242 g/mol. The minimum absolute atomic E-state index is 0.0450. The van der Waals surface area contributed by atoms with Crippen LogP contribution in [0, 0.1) is 0 Å². The van der Waals surface area contributed by atoms with Gasteiger partial charge in [0.1, 0.15) is 0 Å². The summed E-state index contributed by atoms with van der Waals surface area (Å²) in [6, 6.07) is 0.189. The number of nitrogens with one attached hydrogen (secondary N) is 2. The monoisotopic (exact) mass is 242 g/mol. The molecule has 1 rings (SSSR count). The highest BCUT2D eigenvalue weighted by Crippen LogP contribution is 2.18. The van der Waals surface area contributed by atoms with E-state index in [2.05, 4.69) is 10.6 Å². The van der Waals surface area contributed by atoms with E-state index in [9.17, 15) is 9.90 Å². The molecule has 0 heterocycles. The molecule has 0 aromatic carbocycles. The number of aliphatic hydroxyl groups excluding tert-OH is 1. The van der Waals surface area contributed by atoms with Gasteiger partial charge in [0.25, 0.3) is 0 Å². The second-order valence-corrected chi connectivity index (χ2v) is 6.13. The molecule has 4 heteroatoms. The van der Waals surface area contributed by atoms with E-state index in [-0.39, 0.29) is 23.6 Å². The zero-order valence-electron chi connectivity index (χ0n) is 11.4. The zero-order chi connectivity index (χ0) is 13.1. The van der Waals surface area contributed by atoms with Crippen molar-refractivity contribution < 1.29 is 9.90 Å². The second kappa shape index (κ2) is 5.83. The first-order valence-corrected chi connectivity index (χ1v) is 6.54. The Labute approximate surface area is 104 Å². The first-order valence-electron chi connectivity index (χ1n) is 6.54. The van der Waals surface area contributed by atoms with Gasteiger partial charge in [0.15, 0.2) is 0 Å². The van der Waals surface area contributed by atoms with Gasteiger partial charge in [-0.05, 0) is 53.4 Å². The number of amides is 1. The van der Waals surface area contributed by atoms with Gasteiger partial charge in [-0.3, -0.25) is 4.79 Å². The molecule has 0 spiro atoms. The van der Waals surface area contributed by atoms with Crippen LogP contribution in [0.4, 0.5) is 0 Å². The van der Waals surface area contributed by atoms with Crippen LogP contribution in [0.5, 0.6) is 0 Å². The SMILES string of the molecule is CC(NC1CCC(O)CC1)C(=O)NC(C)(C)C. The molecule has 1 saturated carbocycles. The van der Waals surface area contributed by atoms with Gasteiger partial charge < -0.3 is 15.7 Å². The van der Waals surface area contributed by atoms with Crippen molar-refractivity contribution in [1.29, 1.82) is 0 Å². The maximum absolute atomic E-state index is 11.9. The molecule has 1 fully saturated rings. The molecule has 0 radical (unpaired) electrons. The fraction of sp³-hybridized carbons (Fsp3) is 0.923. The molecule has 0 saturated heterocycles. The lowest BCUT2D eigenvalue weighted by atomic mass is 9.92. The maximum atomic E-state index is 11.9. The zero-order valence-corrected chi connectivity index (χ0v) is 11.4. The van der Waals surface area contributed by atoms with Gasteiger partial charge in [-0.15, -0.1) is 0 Å². The minimum atomic E-state index is -0.185. The van der Waals surface area contributed by atoms with Crippen molar-refractivity contribution in [3.63, 3.8) is 0 Å². The summed E-state index contributed by atoms with van der Waals surface area (Å²) in [5.74, 6) is 0.0450. The Hall–Kier alpha value is -0.610. The number of aliphatic hydroxyl groups is 1. The number of carbonyl (C=O) groups is 1. The average Bonchev–Trinajstić information content (AvgIpc) is 2.19. The van der Waals surface area contributed by atoms with E-state index in [0.29, 0.717) is 6.04 Å². The fourth-order valence-electron chi connectivity index (χ4n) is 2.15. The Bertz CT molecular complexity index is 253. The highest BCUT2D eigenvalue weighted by Gasteiger charge is 2.24. The lowest BCUT2D eigenvalue weighted by Gasteiger charge is -2.30. The van der Waals surface area contributed by atoms with Crippen molar-refractivity contribution in [2.75, 3.05) is 0 Å². The summed E-state index contributed by atoms with van der Waals surface area (Å²) in [4.78, 5) is 11.9. The van der Waals surface area contributed by atoms with Crippen LogP contribution < -0.4 is 10.6 Å². The van der Waals surface area contributed by atoms with Crippen molar-refractivity contribution >= 4 is 5.91 Å². The molecule has 1 atom stereocenters. The minimum Gasteiger partial charge on any atom is -0.393 e. The van der Waals surface area contributed by atoms with Crippen LogP contribution >= 0.6 is 0 Å². The highest BCUT2D eigenvalue weighted by atomic mass is 16.3. The first kappa shape index (κ1) is 14.5. The van der Waals surface area contributed by atoms with E-state index in [4.69, 9.17) is 0 Å². The molecule has 1 aliphatic rings. The van der Waals surface area contributed by atoms with E-state index in [1.165, 1.54) is 0 Å². The number of hydrogen-bond acceptors (Lipinski definition) is 3. The summed E-state index contributed by atoms with van der Waals surface area (Å²) >= 11 is 0. The summed E-state index contributed by atoms with van der Waals surface area (Å²) in [7, 11) is 0. The third-order valence-electron chi connectivity index (χ3n) is 3.07. The summed E-state index contributed by atoms with van der Waals surface area (Å²) in [5.41, 5.74) is -0.185. The topological polar surface area (TPSA) is 61.4 Å². The fourth-order valence-corrected chi connectivity index (χ4v) is 2.15. The van der Waals surface area contributed by atoms with Crippen molar-refractivity contribution in [3.8, 4) is 0 Å². The summed E-state index contributed by atoms with van der Waals surface area (Å²) in [5, 5.41) is 15.7. The predicted molar refractivity (Wildman–Crippen MR) is 68.8 cm³/mol. The molecule has 0 aliphatic heterocycles. The van der Waals surface area contributed by atoms with Gasteiger partial charge in [0.05, 0.1) is 12.1 Å². The normalized spacial score (nSPS) is 27.6. The second-order valence-electron chi connectivity index (χ2n) is 6.13. The molecular formula is C13H26N2O2. The van der Waals surface area contributed by atoms with Crippen LogP contribution in [0.25, 0.3) is 0 Å². The third-order valence-corrected chi connectivity index (χ3v) is 3.07. The Balaban J connectivity index is 2.33. The van der Waals surface area contributed by atoms with E-state index >= 15 is 0 Å². The van der Waals surface area contributed by atoms with Gasteiger partial charge in [0, 0.05) is 11.6 Å². The molecule has 17 heavy (non-hydrogen) atoms. The van der Waals surface area contributed by atoms with Crippen molar-refractivity contribution in [2.24, 2.45) is 0 Å². The Kier molecular flexibility index (Phi) is 4.95. The molecular weight excluding hydrogens is 216 g/mol. The van der Waals surface area contributed by atoms with Gasteiger partial charge in [-0.2, -0.15) is 0 Å². The molecule has 0 bridgehead atoms. The van der Waals surface area contributed by atoms with Crippen LogP contribution in [0.2, 0.25) is 0 Å². The summed E-state index contributed by atoms with van der Waals surface area (Å²) < 4.78 is 0. The molecule has 100 valence electrons. The van der Waals surface area contributed by atoms with E-state index in [0.717, 1.165) is 25.7 Å². The van der Waals surface area contributed by atoms with Gasteiger partial charge in [-0.25, -0.2) is 0 Å². The molecule has 0 aromatic heterocycles. The lowest BCUT2D eigenvalue weighted by molar-refractivity contribution is -0.124. The predicted octanol–water partition coefficient (Wildman–Crippen LogP) is 1.18. The van der Waals surface area contributed by atoms with Gasteiger partial charge >= 0.3 is 0 Å². The largest absolute Gasteiger partial charge is 0.393 e. The van der Waals surface area contributed by atoms with Crippen LogP contribution in [0.3, 0.4) is 0 Å². The summed E-state index contributed by atoms with van der Waals surface area (Å²) in [6.07, 6.45) is 3.44. The highest BCUT2D eigenvalue weighted by molar-refractivity contribution is 5.81. The lowest BCUT2D eigenvalue weighted by Crippen LogP contribution is -2.52. The molecule has 1 amide bonds. The number of hydrogen-bond donors (Lipinski definition) is 3. The standard InChI is InChI=1S/C13H26N2O2/c1-9(12(17)15-13(2,3)4)14-10-5-7-11(16)8-6-10/h9-11,14,16H,5-8H2,1-4H3,(H,15,17). The van der Waals surface area contributed by atoms with Gasteiger partial charge in [-0.1, -0.05) is 0 Å². The Morgan fingerprint density at radius 1 is 1.24 bits per heavy atom. The smallest absolute Gasteiger partial charge is 0.237 e. The van der Waals surface area contributed by atoms with Crippen LogP contribution in [-0.2, 0) is 4.79 Å². The van der Waals surface area contributed by atoms with Gasteiger partial charge in [0.2, 0.25) is 5.91 Å². The quantitative estimate of drug-likeness (QED) is 0.696. The van der Waals surface area contributed by atoms with E-state index < -0.39 is 0 Å². The molecule has 1 aliphatic carbocycles. The van der Waals surface area contributed by atoms with Crippen molar-refractivity contribution in [2.45, 2.75) is 77.1 Å². The third kappa shape index (κ3) is 5.50. The number of rotatable bonds is 3. The molecule has 4 nitrogen and oxygen atoms in total. The maximum Gasteiger partial charge on any atom is 0.237 e.